The fourth-order valence-corrected chi connectivity index (χ4v) is 5.04. The number of nitrogens with one attached hydrogen (secondary N) is 1. The van der Waals surface area contributed by atoms with Crippen molar-refractivity contribution in [2.45, 2.75) is 25.8 Å². The van der Waals surface area contributed by atoms with E-state index in [1.807, 2.05) is 41.8 Å². The summed E-state index contributed by atoms with van der Waals surface area (Å²) in [6.45, 7) is 3.01. The number of thioether (sulfide) groups is 1. The molecule has 0 aliphatic carbocycles. The number of piperidine rings is 1. The van der Waals surface area contributed by atoms with Gasteiger partial charge in [-0.05, 0) is 61.6 Å². The van der Waals surface area contributed by atoms with E-state index in [4.69, 9.17) is 0 Å². The zero-order valence-electron chi connectivity index (χ0n) is 16.2. The molecule has 2 fully saturated rings. The third-order valence-electron chi connectivity index (χ3n) is 4.94. The Morgan fingerprint density at radius 2 is 1.90 bits per heavy atom. The first kappa shape index (κ1) is 20.1. The summed E-state index contributed by atoms with van der Waals surface area (Å²) in [6.07, 6.45) is 3.61. The zero-order chi connectivity index (χ0) is 20.1. The van der Waals surface area contributed by atoms with Crippen LogP contribution in [0.3, 0.4) is 0 Å². The molecule has 0 bridgehead atoms. The minimum atomic E-state index is 0.0185. The molecule has 2 aromatic rings. The molecule has 8 heteroatoms. The summed E-state index contributed by atoms with van der Waals surface area (Å²) in [5.74, 6) is 0.531. The van der Waals surface area contributed by atoms with E-state index in [0.717, 1.165) is 34.5 Å². The predicted molar refractivity (Wildman–Crippen MR) is 120 cm³/mol. The van der Waals surface area contributed by atoms with Crippen LogP contribution in [-0.2, 0) is 16.1 Å². The lowest BCUT2D eigenvalue weighted by molar-refractivity contribution is -0.124. The van der Waals surface area contributed by atoms with Crippen LogP contribution >= 0.6 is 23.1 Å². The third kappa shape index (κ3) is 5.46. The van der Waals surface area contributed by atoms with Gasteiger partial charge < -0.3 is 5.32 Å². The molecule has 2 amide bonds. The second kappa shape index (κ2) is 9.56. The molecule has 1 aromatic carbocycles. The molecular formula is C21H24N4O2S2. The summed E-state index contributed by atoms with van der Waals surface area (Å²) in [6, 6.07) is 11.5. The summed E-state index contributed by atoms with van der Waals surface area (Å²) >= 11 is 3.10. The largest absolute Gasteiger partial charge is 0.325 e. The minimum absolute atomic E-state index is 0.0185. The maximum atomic E-state index is 12.2. The van der Waals surface area contributed by atoms with Crippen molar-refractivity contribution < 1.29 is 9.59 Å². The van der Waals surface area contributed by atoms with Gasteiger partial charge in [0.1, 0.15) is 0 Å². The van der Waals surface area contributed by atoms with Gasteiger partial charge in [0.15, 0.2) is 5.17 Å². The highest BCUT2D eigenvalue weighted by Gasteiger charge is 2.28. The molecule has 0 radical (unpaired) electrons. The maximum absolute atomic E-state index is 12.2. The van der Waals surface area contributed by atoms with Crippen molar-refractivity contribution in [3.05, 3.63) is 46.7 Å². The van der Waals surface area contributed by atoms with Crippen LogP contribution in [0.25, 0.3) is 0 Å². The number of anilines is 1. The molecule has 29 heavy (non-hydrogen) atoms. The van der Waals surface area contributed by atoms with Crippen LogP contribution in [0, 0.1) is 0 Å². The van der Waals surface area contributed by atoms with E-state index in [0.29, 0.717) is 18.8 Å². The van der Waals surface area contributed by atoms with Crippen molar-refractivity contribution in [2.75, 3.05) is 30.7 Å². The second-order valence-corrected chi connectivity index (χ2v) is 9.15. The molecule has 152 valence electrons. The lowest BCUT2D eigenvalue weighted by Crippen LogP contribution is -2.36. The SMILES string of the molecule is O=C(CN1CCCCC1)Nc1ccc(N=C2SCC(=O)N2Cc2cccs2)cc1. The van der Waals surface area contributed by atoms with Gasteiger partial charge in [0.2, 0.25) is 11.8 Å². The number of carbonyl (C=O) groups is 2. The standard InChI is InChI=1S/C21H24N4O2S2/c26-19(14-24-10-2-1-3-11-24)22-16-6-8-17(9-7-16)23-21-25(20(27)15-29-21)13-18-5-4-12-28-18/h4-9,12H,1-3,10-11,13-15H2,(H,22,26). The normalized spacial score (nSPS) is 19.1. The Hall–Kier alpha value is -2.16. The Labute approximate surface area is 179 Å². The number of aliphatic imine (C=N–C) groups is 1. The lowest BCUT2D eigenvalue weighted by atomic mass is 10.1. The average Bonchev–Trinajstić information content (AvgIpc) is 3.36. The van der Waals surface area contributed by atoms with E-state index < -0.39 is 0 Å². The number of nitrogens with zero attached hydrogens (tertiary/aromatic N) is 3. The highest BCUT2D eigenvalue weighted by molar-refractivity contribution is 8.15. The number of benzene rings is 1. The molecule has 0 saturated carbocycles. The topological polar surface area (TPSA) is 65.0 Å². The molecule has 1 N–H and O–H groups in total. The molecule has 1 aromatic heterocycles. The minimum Gasteiger partial charge on any atom is -0.325 e. The van der Waals surface area contributed by atoms with Gasteiger partial charge in [0, 0.05) is 10.6 Å². The predicted octanol–water partition coefficient (Wildman–Crippen LogP) is 3.94. The van der Waals surface area contributed by atoms with Crippen molar-refractivity contribution in [3.63, 3.8) is 0 Å². The van der Waals surface area contributed by atoms with E-state index in [-0.39, 0.29) is 11.8 Å². The number of hydrogen-bond acceptors (Lipinski definition) is 6. The highest BCUT2D eigenvalue weighted by atomic mass is 32.2. The number of rotatable bonds is 6. The summed E-state index contributed by atoms with van der Waals surface area (Å²) in [5, 5.41) is 5.70. The van der Waals surface area contributed by atoms with Gasteiger partial charge in [0.25, 0.3) is 0 Å². The molecule has 4 rings (SSSR count). The Morgan fingerprint density at radius 3 is 2.62 bits per heavy atom. The van der Waals surface area contributed by atoms with Crippen LogP contribution in [0.5, 0.6) is 0 Å². The monoisotopic (exact) mass is 428 g/mol. The first-order valence-corrected chi connectivity index (χ1v) is 11.7. The molecule has 2 aliphatic heterocycles. The van der Waals surface area contributed by atoms with E-state index in [1.54, 1.807) is 16.2 Å². The van der Waals surface area contributed by atoms with Gasteiger partial charge in [-0.1, -0.05) is 24.2 Å². The Bertz CT molecular complexity index is 875. The maximum Gasteiger partial charge on any atom is 0.239 e. The van der Waals surface area contributed by atoms with Crippen LogP contribution in [-0.4, -0.2) is 52.2 Å². The quantitative estimate of drug-likeness (QED) is 0.757. The van der Waals surface area contributed by atoms with Crippen molar-refractivity contribution in [2.24, 2.45) is 4.99 Å². The number of amides is 2. The first-order chi connectivity index (χ1) is 14.2. The van der Waals surface area contributed by atoms with Crippen LogP contribution in [0.1, 0.15) is 24.1 Å². The van der Waals surface area contributed by atoms with Crippen LogP contribution < -0.4 is 5.32 Å². The number of hydrogen-bond donors (Lipinski definition) is 1. The van der Waals surface area contributed by atoms with Crippen molar-refractivity contribution >= 4 is 51.5 Å². The van der Waals surface area contributed by atoms with Crippen LogP contribution in [0.2, 0.25) is 0 Å². The molecule has 3 heterocycles. The number of amidine groups is 1. The molecule has 6 nitrogen and oxygen atoms in total. The summed E-state index contributed by atoms with van der Waals surface area (Å²) in [7, 11) is 0. The fraction of sp³-hybridized carbons (Fsp3) is 0.381. The fourth-order valence-electron chi connectivity index (χ4n) is 3.45. The summed E-state index contributed by atoms with van der Waals surface area (Å²) in [4.78, 5) is 34.2. The first-order valence-electron chi connectivity index (χ1n) is 9.84. The van der Waals surface area contributed by atoms with E-state index in [2.05, 4.69) is 15.2 Å². The Morgan fingerprint density at radius 1 is 1.10 bits per heavy atom. The summed E-state index contributed by atoms with van der Waals surface area (Å²) < 4.78 is 0. The van der Waals surface area contributed by atoms with Crippen molar-refractivity contribution in [1.82, 2.24) is 9.80 Å². The zero-order valence-corrected chi connectivity index (χ0v) is 17.8. The van der Waals surface area contributed by atoms with E-state index >= 15 is 0 Å². The van der Waals surface area contributed by atoms with Gasteiger partial charge in [-0.3, -0.25) is 19.4 Å². The van der Waals surface area contributed by atoms with Gasteiger partial charge in [-0.15, -0.1) is 11.3 Å². The van der Waals surface area contributed by atoms with Gasteiger partial charge in [0.05, 0.1) is 24.5 Å². The van der Waals surface area contributed by atoms with Gasteiger partial charge in [-0.2, -0.15) is 0 Å². The molecule has 0 spiro atoms. The Kier molecular flexibility index (Phi) is 6.63. The van der Waals surface area contributed by atoms with Crippen LogP contribution in [0.15, 0.2) is 46.8 Å². The number of thiophene rings is 1. The molecular weight excluding hydrogens is 404 g/mol. The second-order valence-electron chi connectivity index (χ2n) is 7.17. The molecule has 2 saturated heterocycles. The molecule has 0 unspecified atom stereocenters. The Balaban J connectivity index is 1.36. The van der Waals surface area contributed by atoms with Crippen molar-refractivity contribution in [3.8, 4) is 0 Å². The highest BCUT2D eigenvalue weighted by Crippen LogP contribution is 2.27. The third-order valence-corrected chi connectivity index (χ3v) is 6.76. The smallest absolute Gasteiger partial charge is 0.239 e. The average molecular weight is 429 g/mol. The van der Waals surface area contributed by atoms with Gasteiger partial charge in [-0.25, -0.2) is 4.99 Å². The van der Waals surface area contributed by atoms with Crippen molar-refractivity contribution in [1.29, 1.82) is 0 Å². The molecule has 0 atom stereocenters. The summed E-state index contributed by atoms with van der Waals surface area (Å²) in [5.41, 5.74) is 1.54. The lowest BCUT2D eigenvalue weighted by Gasteiger charge is -2.25. The van der Waals surface area contributed by atoms with Gasteiger partial charge >= 0.3 is 0 Å². The van der Waals surface area contributed by atoms with E-state index in [1.165, 1.54) is 31.0 Å². The number of carbonyl (C=O) groups excluding carboxylic acids is 2. The van der Waals surface area contributed by atoms with E-state index in [9.17, 15) is 9.59 Å². The molecule has 2 aliphatic rings. The van der Waals surface area contributed by atoms with Crippen LogP contribution in [0.4, 0.5) is 11.4 Å². The number of likely N-dealkylation sites (tertiary alicyclic amines) is 1.